The van der Waals surface area contributed by atoms with Crippen molar-refractivity contribution in [2.75, 3.05) is 7.05 Å². The van der Waals surface area contributed by atoms with Crippen molar-refractivity contribution in [3.05, 3.63) is 60.4 Å². The van der Waals surface area contributed by atoms with Crippen molar-refractivity contribution < 1.29 is 19.4 Å². The molecule has 0 amide bonds. The zero-order valence-electron chi connectivity index (χ0n) is 14.9. The van der Waals surface area contributed by atoms with Gasteiger partial charge in [0, 0.05) is 23.6 Å². The third-order valence-corrected chi connectivity index (χ3v) is 4.13. The molecule has 1 heterocycles. The van der Waals surface area contributed by atoms with Gasteiger partial charge in [-0.05, 0) is 44.7 Å². The zero-order chi connectivity index (χ0) is 18.4. The highest BCUT2D eigenvalue weighted by Gasteiger charge is 2.24. The number of benzene rings is 1. The van der Waals surface area contributed by atoms with Crippen molar-refractivity contribution in [1.29, 1.82) is 0 Å². The predicted octanol–water partition coefficient (Wildman–Crippen LogP) is 3.28. The molecule has 0 spiro atoms. The van der Waals surface area contributed by atoms with E-state index in [2.05, 4.69) is 37.9 Å². The topological polar surface area (TPSA) is 67.8 Å². The molecule has 25 heavy (non-hydrogen) atoms. The van der Waals surface area contributed by atoms with Gasteiger partial charge in [-0.15, -0.1) is 0 Å². The molecule has 3 atom stereocenters. The third kappa shape index (κ3) is 4.81. The fraction of sp³-hybridized carbons (Fsp3) is 0.350. The highest BCUT2D eigenvalue weighted by Crippen LogP contribution is 2.38. The molecular formula is C20H25NO4. The lowest BCUT2D eigenvalue weighted by Crippen LogP contribution is -2.19. The first kappa shape index (κ1) is 19.0. The molecule has 5 heteroatoms. The van der Waals surface area contributed by atoms with Crippen LogP contribution < -0.4 is 14.8 Å². The molecule has 0 saturated heterocycles. The van der Waals surface area contributed by atoms with Crippen LogP contribution in [0.3, 0.4) is 0 Å². The Kier molecular flexibility index (Phi) is 6.56. The van der Waals surface area contributed by atoms with E-state index in [1.165, 1.54) is 0 Å². The minimum absolute atomic E-state index is 0.0804. The van der Waals surface area contributed by atoms with Crippen LogP contribution in [0.1, 0.15) is 31.9 Å². The van der Waals surface area contributed by atoms with Crippen molar-refractivity contribution in [2.24, 2.45) is 5.92 Å². The Balaban J connectivity index is 2.21. The van der Waals surface area contributed by atoms with Crippen LogP contribution in [0, 0.1) is 5.92 Å². The zero-order valence-corrected chi connectivity index (χ0v) is 14.9. The Morgan fingerprint density at radius 3 is 2.88 bits per heavy atom. The minimum atomic E-state index is -0.815. The van der Waals surface area contributed by atoms with E-state index >= 15 is 0 Å². The number of aliphatic hydroxyl groups excluding tert-OH is 1. The number of aliphatic hydroxyl groups is 1. The molecule has 0 radical (unpaired) electrons. The quantitative estimate of drug-likeness (QED) is 0.344. The molecule has 5 nitrogen and oxygen atoms in total. The van der Waals surface area contributed by atoms with E-state index in [9.17, 15) is 9.90 Å². The highest BCUT2D eigenvalue weighted by atomic mass is 16.5. The molecule has 0 saturated carbocycles. The summed E-state index contributed by atoms with van der Waals surface area (Å²) in [4.78, 5) is 11.3. The second-order valence-corrected chi connectivity index (χ2v) is 5.92. The van der Waals surface area contributed by atoms with Crippen LogP contribution in [0.2, 0.25) is 0 Å². The summed E-state index contributed by atoms with van der Waals surface area (Å²) in [6.45, 7) is 7.50. The Morgan fingerprint density at radius 2 is 2.24 bits per heavy atom. The summed E-state index contributed by atoms with van der Waals surface area (Å²) in [5.41, 5.74) is 0.570. The number of fused-ring (bicyclic) bond motifs is 1. The molecule has 3 unspecified atom stereocenters. The highest BCUT2D eigenvalue weighted by molar-refractivity contribution is 5.83. The number of esters is 1. The van der Waals surface area contributed by atoms with E-state index in [-0.39, 0.29) is 12.0 Å². The summed E-state index contributed by atoms with van der Waals surface area (Å²) in [5, 5.41) is 13.6. The lowest BCUT2D eigenvalue weighted by atomic mass is 9.96. The lowest BCUT2D eigenvalue weighted by Gasteiger charge is -2.25. The molecule has 0 aliphatic carbocycles. The second-order valence-electron chi connectivity index (χ2n) is 5.92. The molecule has 134 valence electrons. The smallest absolute Gasteiger partial charge is 0.335 e. The van der Waals surface area contributed by atoms with E-state index in [1.54, 1.807) is 24.3 Å². The number of nitrogens with one attached hydrogen (secondary N) is 1. The monoisotopic (exact) mass is 343 g/mol. The van der Waals surface area contributed by atoms with Gasteiger partial charge in [0.15, 0.2) is 0 Å². The van der Waals surface area contributed by atoms with Crippen LogP contribution in [0.5, 0.6) is 11.5 Å². The maximum atomic E-state index is 11.3. The van der Waals surface area contributed by atoms with Crippen molar-refractivity contribution in [2.45, 2.75) is 32.4 Å². The first-order valence-corrected chi connectivity index (χ1v) is 8.39. The molecule has 1 aliphatic heterocycles. The van der Waals surface area contributed by atoms with Crippen LogP contribution in [0.25, 0.3) is 0 Å². The molecule has 0 aromatic heterocycles. The van der Waals surface area contributed by atoms with E-state index in [0.29, 0.717) is 17.1 Å². The number of hydrogen-bond acceptors (Lipinski definition) is 5. The average Bonchev–Trinajstić information content (AvgIpc) is 2.62. The Morgan fingerprint density at radius 1 is 1.48 bits per heavy atom. The average molecular weight is 343 g/mol. The van der Waals surface area contributed by atoms with Crippen molar-refractivity contribution in [3.63, 3.8) is 0 Å². The minimum Gasteiger partial charge on any atom is -0.461 e. The number of carbonyl (C=O) groups excluding carboxylic acids is 1. The molecule has 2 N–H and O–H groups in total. The van der Waals surface area contributed by atoms with Gasteiger partial charge in [0.05, 0.1) is 0 Å². The fourth-order valence-electron chi connectivity index (χ4n) is 2.51. The van der Waals surface area contributed by atoms with Crippen LogP contribution in [0.4, 0.5) is 0 Å². The van der Waals surface area contributed by atoms with Crippen LogP contribution in [0.15, 0.2) is 54.8 Å². The summed E-state index contributed by atoms with van der Waals surface area (Å²) in [6, 6.07) is 5.20. The normalized spacial score (nSPS) is 18.7. The first-order chi connectivity index (χ1) is 12.0. The molecular weight excluding hydrogens is 318 g/mol. The van der Waals surface area contributed by atoms with E-state index in [4.69, 9.17) is 9.47 Å². The fourth-order valence-corrected chi connectivity index (χ4v) is 2.51. The number of rotatable bonds is 7. The van der Waals surface area contributed by atoms with Gasteiger partial charge in [0.25, 0.3) is 0 Å². The number of hydrogen-bond donors (Lipinski definition) is 2. The van der Waals surface area contributed by atoms with Crippen LogP contribution in [-0.2, 0) is 4.79 Å². The predicted molar refractivity (Wildman–Crippen MR) is 97.4 cm³/mol. The van der Waals surface area contributed by atoms with Crippen molar-refractivity contribution >= 4 is 5.97 Å². The van der Waals surface area contributed by atoms with Gasteiger partial charge in [0.2, 0.25) is 0 Å². The number of ether oxygens (including phenoxy) is 2. The van der Waals surface area contributed by atoms with Gasteiger partial charge in [-0.3, -0.25) is 0 Å². The summed E-state index contributed by atoms with van der Waals surface area (Å²) in [5.74, 6) is 1.17. The van der Waals surface area contributed by atoms with Crippen LogP contribution >= 0.6 is 0 Å². The summed E-state index contributed by atoms with van der Waals surface area (Å²) in [7, 11) is 1.91. The summed E-state index contributed by atoms with van der Waals surface area (Å²) < 4.78 is 11.1. The molecule has 1 aliphatic rings. The SMILES string of the molecule is C=CC(=O)Oc1ccc2c(c1)C(O)C=C(C(/C=C\C(C)NC)CC)O2. The van der Waals surface area contributed by atoms with E-state index < -0.39 is 12.1 Å². The standard InChI is InChI=1S/C20H25NO4/c1-5-14(8-7-13(3)21-4)19-12-17(22)16-11-15(24-20(23)6-2)9-10-18(16)25-19/h6-14,17,21-22H,2,5H2,1,3-4H3/b8-7-. The first-order valence-electron chi connectivity index (χ1n) is 8.39. The summed E-state index contributed by atoms with van der Waals surface area (Å²) in [6.07, 6.45) is 7.00. The van der Waals surface area contributed by atoms with Crippen molar-refractivity contribution in [3.8, 4) is 11.5 Å². The van der Waals surface area contributed by atoms with Gasteiger partial charge < -0.3 is 19.9 Å². The molecule has 2 rings (SSSR count). The molecule has 1 aromatic rings. The number of carbonyl (C=O) groups is 1. The van der Waals surface area contributed by atoms with Gasteiger partial charge in [-0.25, -0.2) is 4.79 Å². The van der Waals surface area contributed by atoms with Gasteiger partial charge in [-0.2, -0.15) is 0 Å². The number of likely N-dealkylation sites (N-methyl/N-ethyl adjacent to an activating group) is 1. The summed E-state index contributed by atoms with van der Waals surface area (Å²) >= 11 is 0. The third-order valence-electron chi connectivity index (χ3n) is 4.13. The van der Waals surface area contributed by atoms with E-state index in [1.807, 2.05) is 7.05 Å². The maximum Gasteiger partial charge on any atom is 0.335 e. The molecule has 0 bridgehead atoms. The number of allylic oxidation sites excluding steroid dienone is 1. The van der Waals surface area contributed by atoms with Crippen LogP contribution in [-0.4, -0.2) is 24.2 Å². The largest absolute Gasteiger partial charge is 0.461 e. The molecule has 1 aromatic carbocycles. The van der Waals surface area contributed by atoms with Gasteiger partial charge in [-0.1, -0.05) is 25.7 Å². The van der Waals surface area contributed by atoms with Crippen molar-refractivity contribution in [1.82, 2.24) is 5.32 Å². The molecule has 0 fully saturated rings. The lowest BCUT2D eigenvalue weighted by molar-refractivity contribution is -0.128. The van der Waals surface area contributed by atoms with Gasteiger partial charge >= 0.3 is 5.97 Å². The maximum absolute atomic E-state index is 11.3. The second kappa shape index (κ2) is 8.65. The Labute approximate surface area is 148 Å². The Hall–Kier alpha value is -2.37. The van der Waals surface area contributed by atoms with E-state index in [0.717, 1.165) is 18.3 Å². The van der Waals surface area contributed by atoms with Gasteiger partial charge in [0.1, 0.15) is 23.4 Å². The Bertz CT molecular complexity index is 693.